The van der Waals surface area contributed by atoms with Gasteiger partial charge in [-0.3, -0.25) is 0 Å². The van der Waals surface area contributed by atoms with Crippen LogP contribution in [0.3, 0.4) is 0 Å². The van der Waals surface area contributed by atoms with Crippen LogP contribution in [-0.2, 0) is 6.42 Å². The highest BCUT2D eigenvalue weighted by Gasteiger charge is 2.07. The Morgan fingerprint density at radius 3 is 2.50 bits per heavy atom. The average molecular weight is 243 g/mol. The fraction of sp³-hybridized carbons (Fsp3) is 0.286. The number of nitrogens with one attached hydrogen (secondary N) is 1. The van der Waals surface area contributed by atoms with Gasteiger partial charge >= 0.3 is 0 Å². The van der Waals surface area contributed by atoms with Gasteiger partial charge in [0.1, 0.15) is 5.75 Å². The Hall–Kier alpha value is -2.10. The van der Waals surface area contributed by atoms with Crippen LogP contribution in [0.5, 0.6) is 5.75 Å². The summed E-state index contributed by atoms with van der Waals surface area (Å²) in [6.07, 6.45) is 4.60. The van der Waals surface area contributed by atoms with Crippen molar-refractivity contribution in [3.63, 3.8) is 0 Å². The van der Waals surface area contributed by atoms with Crippen molar-refractivity contribution in [2.24, 2.45) is 0 Å². The number of hydrogen-bond acceptors (Lipinski definition) is 4. The SMILES string of the molecule is CCc1ccc(OC)c(-c2cnc(NC)nc2)c1. The largest absolute Gasteiger partial charge is 0.496 e. The fourth-order valence-corrected chi connectivity index (χ4v) is 1.80. The molecule has 0 aliphatic rings. The summed E-state index contributed by atoms with van der Waals surface area (Å²) in [7, 11) is 3.47. The van der Waals surface area contributed by atoms with Crippen LogP contribution in [-0.4, -0.2) is 24.1 Å². The molecule has 0 amide bonds. The Morgan fingerprint density at radius 1 is 1.22 bits per heavy atom. The zero-order valence-corrected chi connectivity index (χ0v) is 10.9. The van der Waals surface area contributed by atoms with E-state index in [0.717, 1.165) is 23.3 Å². The van der Waals surface area contributed by atoms with Gasteiger partial charge in [0.15, 0.2) is 0 Å². The van der Waals surface area contributed by atoms with Gasteiger partial charge < -0.3 is 10.1 Å². The average Bonchev–Trinajstić information content (AvgIpc) is 2.46. The highest BCUT2D eigenvalue weighted by molar-refractivity contribution is 5.70. The van der Waals surface area contributed by atoms with E-state index in [-0.39, 0.29) is 0 Å². The van der Waals surface area contributed by atoms with Gasteiger partial charge in [0.25, 0.3) is 0 Å². The molecule has 0 spiro atoms. The van der Waals surface area contributed by atoms with E-state index < -0.39 is 0 Å². The standard InChI is InChI=1S/C14H17N3O/c1-4-10-5-6-13(18-3)12(7-10)11-8-16-14(15-2)17-9-11/h5-9H,4H2,1-3H3,(H,15,16,17). The maximum Gasteiger partial charge on any atom is 0.222 e. The summed E-state index contributed by atoms with van der Waals surface area (Å²) >= 11 is 0. The molecule has 0 saturated heterocycles. The minimum atomic E-state index is 0.615. The predicted octanol–water partition coefficient (Wildman–Crippen LogP) is 2.76. The van der Waals surface area contributed by atoms with Crippen LogP contribution in [0, 0.1) is 0 Å². The predicted molar refractivity (Wildman–Crippen MR) is 72.9 cm³/mol. The lowest BCUT2D eigenvalue weighted by molar-refractivity contribution is 0.416. The first kappa shape index (κ1) is 12.4. The van der Waals surface area contributed by atoms with E-state index in [4.69, 9.17) is 4.74 Å². The molecular weight excluding hydrogens is 226 g/mol. The van der Waals surface area contributed by atoms with Gasteiger partial charge in [-0.25, -0.2) is 9.97 Å². The third-order valence-corrected chi connectivity index (χ3v) is 2.86. The van der Waals surface area contributed by atoms with Gasteiger partial charge in [0.05, 0.1) is 7.11 Å². The second-order valence-electron chi connectivity index (χ2n) is 3.93. The van der Waals surface area contributed by atoms with Crippen molar-refractivity contribution in [3.8, 4) is 16.9 Å². The third kappa shape index (κ3) is 2.42. The fourth-order valence-electron chi connectivity index (χ4n) is 1.80. The normalized spacial score (nSPS) is 10.2. The number of ether oxygens (including phenoxy) is 1. The summed E-state index contributed by atoms with van der Waals surface area (Å²) in [5.74, 6) is 1.46. The first-order chi connectivity index (χ1) is 8.78. The quantitative estimate of drug-likeness (QED) is 0.897. The van der Waals surface area contributed by atoms with E-state index in [1.54, 1.807) is 26.6 Å². The van der Waals surface area contributed by atoms with E-state index in [9.17, 15) is 0 Å². The Balaban J connectivity index is 2.46. The first-order valence-corrected chi connectivity index (χ1v) is 5.95. The van der Waals surface area contributed by atoms with E-state index in [0.29, 0.717) is 5.95 Å². The summed E-state index contributed by atoms with van der Waals surface area (Å²) in [4.78, 5) is 8.45. The zero-order valence-electron chi connectivity index (χ0n) is 10.9. The number of nitrogens with zero attached hydrogens (tertiary/aromatic N) is 2. The number of aryl methyl sites for hydroxylation is 1. The van der Waals surface area contributed by atoms with Crippen molar-refractivity contribution >= 4 is 5.95 Å². The monoisotopic (exact) mass is 243 g/mol. The molecule has 2 aromatic rings. The Bertz CT molecular complexity index is 523. The third-order valence-electron chi connectivity index (χ3n) is 2.86. The smallest absolute Gasteiger partial charge is 0.222 e. The molecule has 0 radical (unpaired) electrons. The molecule has 1 heterocycles. The van der Waals surface area contributed by atoms with Crippen LogP contribution < -0.4 is 10.1 Å². The second-order valence-corrected chi connectivity index (χ2v) is 3.93. The van der Waals surface area contributed by atoms with Crippen LogP contribution in [0.25, 0.3) is 11.1 Å². The highest BCUT2D eigenvalue weighted by Crippen LogP contribution is 2.30. The van der Waals surface area contributed by atoms with Gasteiger partial charge in [0, 0.05) is 30.6 Å². The van der Waals surface area contributed by atoms with Crippen LogP contribution in [0.15, 0.2) is 30.6 Å². The lowest BCUT2D eigenvalue weighted by Crippen LogP contribution is -1.96. The molecule has 0 unspecified atom stereocenters. The number of hydrogen-bond donors (Lipinski definition) is 1. The first-order valence-electron chi connectivity index (χ1n) is 5.95. The molecule has 4 nitrogen and oxygen atoms in total. The van der Waals surface area contributed by atoms with Crippen LogP contribution in [0.4, 0.5) is 5.95 Å². The summed E-state index contributed by atoms with van der Waals surface area (Å²) in [6.45, 7) is 2.13. The minimum Gasteiger partial charge on any atom is -0.496 e. The topological polar surface area (TPSA) is 47.0 Å². The molecule has 4 heteroatoms. The van der Waals surface area contributed by atoms with E-state index in [2.05, 4.69) is 34.3 Å². The summed E-state index contributed by atoms with van der Waals surface area (Å²) in [6, 6.07) is 6.18. The van der Waals surface area contributed by atoms with Gasteiger partial charge in [-0.05, 0) is 24.1 Å². The Labute approximate surface area is 107 Å². The number of aromatic nitrogens is 2. The molecule has 18 heavy (non-hydrogen) atoms. The Kier molecular flexibility index (Phi) is 3.77. The molecular formula is C14H17N3O. The van der Waals surface area contributed by atoms with Crippen LogP contribution >= 0.6 is 0 Å². The van der Waals surface area contributed by atoms with E-state index >= 15 is 0 Å². The van der Waals surface area contributed by atoms with Crippen molar-refractivity contribution in [2.75, 3.05) is 19.5 Å². The van der Waals surface area contributed by atoms with Crippen molar-refractivity contribution in [3.05, 3.63) is 36.2 Å². The molecule has 0 aliphatic heterocycles. The molecule has 1 aromatic carbocycles. The van der Waals surface area contributed by atoms with Crippen LogP contribution in [0.2, 0.25) is 0 Å². The maximum atomic E-state index is 5.38. The van der Waals surface area contributed by atoms with Gasteiger partial charge in [-0.15, -0.1) is 0 Å². The lowest BCUT2D eigenvalue weighted by atomic mass is 10.0. The molecule has 0 aliphatic carbocycles. The number of benzene rings is 1. The molecule has 0 bridgehead atoms. The summed E-state index contributed by atoms with van der Waals surface area (Å²) < 4.78 is 5.38. The molecule has 0 fully saturated rings. The molecule has 94 valence electrons. The summed E-state index contributed by atoms with van der Waals surface area (Å²) in [5, 5.41) is 2.90. The van der Waals surface area contributed by atoms with Gasteiger partial charge in [-0.1, -0.05) is 13.0 Å². The maximum absolute atomic E-state index is 5.38. The van der Waals surface area contributed by atoms with Gasteiger partial charge in [0.2, 0.25) is 5.95 Å². The zero-order chi connectivity index (χ0) is 13.0. The molecule has 0 atom stereocenters. The minimum absolute atomic E-state index is 0.615. The van der Waals surface area contributed by atoms with Crippen LogP contribution in [0.1, 0.15) is 12.5 Å². The van der Waals surface area contributed by atoms with Crippen molar-refractivity contribution in [2.45, 2.75) is 13.3 Å². The molecule has 1 aromatic heterocycles. The number of anilines is 1. The highest BCUT2D eigenvalue weighted by atomic mass is 16.5. The number of methoxy groups -OCH3 is 1. The molecule has 0 saturated carbocycles. The van der Waals surface area contributed by atoms with E-state index in [1.165, 1.54) is 5.56 Å². The molecule has 1 N–H and O–H groups in total. The van der Waals surface area contributed by atoms with Crippen molar-refractivity contribution in [1.82, 2.24) is 9.97 Å². The van der Waals surface area contributed by atoms with E-state index in [1.807, 2.05) is 6.07 Å². The number of rotatable bonds is 4. The van der Waals surface area contributed by atoms with Crippen molar-refractivity contribution < 1.29 is 4.74 Å². The molecule has 2 rings (SSSR count). The second kappa shape index (κ2) is 5.49. The summed E-state index contributed by atoms with van der Waals surface area (Å²) in [5.41, 5.74) is 3.25. The Morgan fingerprint density at radius 2 is 1.94 bits per heavy atom. The van der Waals surface area contributed by atoms with Crippen molar-refractivity contribution in [1.29, 1.82) is 0 Å². The lowest BCUT2D eigenvalue weighted by Gasteiger charge is -2.10. The van der Waals surface area contributed by atoms with Gasteiger partial charge in [-0.2, -0.15) is 0 Å².